The summed E-state index contributed by atoms with van der Waals surface area (Å²) in [6.45, 7) is 9.82. The van der Waals surface area contributed by atoms with Crippen LogP contribution in [0.15, 0.2) is 71.2 Å². The van der Waals surface area contributed by atoms with Crippen LogP contribution < -0.4 is 9.47 Å². The monoisotopic (exact) mass is 605 g/mol. The van der Waals surface area contributed by atoms with Crippen molar-refractivity contribution >= 4 is 33.6 Å². The van der Waals surface area contributed by atoms with Gasteiger partial charge in [0.25, 0.3) is 0 Å². The molecule has 1 amide bonds. The average molecular weight is 607 g/mol. The molecule has 1 aliphatic rings. The van der Waals surface area contributed by atoms with Gasteiger partial charge in [-0.1, -0.05) is 58.4 Å². The maximum atomic E-state index is 13.6. The molecule has 3 aromatic carbocycles. The van der Waals surface area contributed by atoms with Gasteiger partial charge in [-0.05, 0) is 94.3 Å². The molecule has 0 radical (unpaired) electrons. The number of Topliss-reactive ketones (excluding diaryl/α,β-unsaturated/α-hetero) is 2. The Kier molecular flexibility index (Phi) is 9.14. The van der Waals surface area contributed by atoms with E-state index >= 15 is 0 Å². The van der Waals surface area contributed by atoms with Crippen LogP contribution >= 0.6 is 15.9 Å². The minimum absolute atomic E-state index is 0.0207. The Hall–Kier alpha value is -3.45. The van der Waals surface area contributed by atoms with E-state index in [1.54, 1.807) is 30.9 Å². The van der Waals surface area contributed by atoms with Crippen LogP contribution in [0.5, 0.6) is 11.5 Å². The molecule has 7 heteroatoms. The third kappa shape index (κ3) is 7.00. The number of amides is 1. The molecule has 0 unspecified atom stereocenters. The number of hydrogen-bond donors (Lipinski definition) is 0. The fourth-order valence-corrected chi connectivity index (χ4v) is 5.38. The number of ether oxygens (including phenoxy) is 2. The van der Waals surface area contributed by atoms with Crippen molar-refractivity contribution in [3.8, 4) is 11.5 Å². The lowest BCUT2D eigenvalue weighted by molar-refractivity contribution is -0.129. The second kappa shape index (κ2) is 12.4. The van der Waals surface area contributed by atoms with E-state index in [1.807, 2.05) is 56.3 Å². The zero-order chi connectivity index (χ0) is 29.0. The van der Waals surface area contributed by atoms with Crippen LogP contribution in [0.25, 0.3) is 0 Å². The highest BCUT2D eigenvalue weighted by atomic mass is 79.9. The van der Waals surface area contributed by atoms with Gasteiger partial charge in [0.2, 0.25) is 0 Å². The molecule has 0 saturated carbocycles. The molecule has 1 aliphatic heterocycles. The van der Waals surface area contributed by atoms with E-state index in [0.29, 0.717) is 24.4 Å². The number of ketones is 2. The number of aryl methyl sites for hydroxylation is 3. The third-order valence-corrected chi connectivity index (χ3v) is 8.17. The van der Waals surface area contributed by atoms with Gasteiger partial charge in [-0.25, -0.2) is 4.79 Å². The molecule has 4 rings (SSSR count). The highest BCUT2D eigenvalue weighted by Crippen LogP contribution is 2.34. The van der Waals surface area contributed by atoms with Gasteiger partial charge in [0.05, 0.1) is 0 Å². The fraction of sp³-hybridized carbons (Fsp3) is 0.364. The summed E-state index contributed by atoms with van der Waals surface area (Å²) in [7, 11) is 0. The second-order valence-corrected chi connectivity index (χ2v) is 12.0. The van der Waals surface area contributed by atoms with Gasteiger partial charge in [0.1, 0.15) is 11.5 Å². The van der Waals surface area contributed by atoms with Crippen molar-refractivity contribution < 1.29 is 23.9 Å². The standard InChI is InChI=1S/C33H36BrNO5/c1-21-17-24(18-22(2)31(21)40-33(4,5)23(3)36)11-12-26-19-35(32(38)39-28-9-7-6-8-10-28)20-29(26)30(37)25-13-15-27(34)16-14-25/h6-10,13-18,26,29H,11-12,19-20H2,1-5H3/t26-,29-/m1/s1. The molecule has 1 fully saturated rings. The van der Waals surface area contributed by atoms with Crippen molar-refractivity contribution in [2.24, 2.45) is 11.8 Å². The molecular weight excluding hydrogens is 570 g/mol. The predicted octanol–water partition coefficient (Wildman–Crippen LogP) is 7.37. The summed E-state index contributed by atoms with van der Waals surface area (Å²) in [4.78, 5) is 40.3. The maximum absolute atomic E-state index is 13.6. The van der Waals surface area contributed by atoms with Crippen LogP contribution in [0.4, 0.5) is 4.79 Å². The van der Waals surface area contributed by atoms with Crippen molar-refractivity contribution in [1.29, 1.82) is 0 Å². The van der Waals surface area contributed by atoms with E-state index in [2.05, 4.69) is 28.1 Å². The van der Waals surface area contributed by atoms with Gasteiger partial charge in [0.15, 0.2) is 17.2 Å². The molecule has 0 aromatic heterocycles. The topological polar surface area (TPSA) is 72.9 Å². The number of carbonyl (C=O) groups excluding carboxylic acids is 3. The Balaban J connectivity index is 1.51. The molecule has 6 nitrogen and oxygen atoms in total. The second-order valence-electron chi connectivity index (χ2n) is 11.1. The van der Waals surface area contributed by atoms with Gasteiger partial charge in [-0.3, -0.25) is 9.59 Å². The molecule has 0 aliphatic carbocycles. The van der Waals surface area contributed by atoms with E-state index in [1.165, 1.54) is 6.92 Å². The Labute approximate surface area is 244 Å². The Morgan fingerprint density at radius 1 is 0.950 bits per heavy atom. The van der Waals surface area contributed by atoms with Crippen molar-refractivity contribution in [3.63, 3.8) is 0 Å². The summed E-state index contributed by atoms with van der Waals surface area (Å²) >= 11 is 3.43. The number of nitrogens with zero attached hydrogens (tertiary/aromatic N) is 1. The highest BCUT2D eigenvalue weighted by molar-refractivity contribution is 9.10. The van der Waals surface area contributed by atoms with Crippen LogP contribution in [-0.4, -0.2) is 41.3 Å². The molecule has 3 aromatic rings. The number of rotatable bonds is 9. The van der Waals surface area contributed by atoms with E-state index in [0.717, 1.165) is 39.8 Å². The van der Waals surface area contributed by atoms with E-state index in [-0.39, 0.29) is 23.4 Å². The van der Waals surface area contributed by atoms with E-state index in [4.69, 9.17) is 9.47 Å². The van der Waals surface area contributed by atoms with Crippen molar-refractivity contribution in [3.05, 3.63) is 93.5 Å². The predicted molar refractivity (Wildman–Crippen MR) is 159 cm³/mol. The van der Waals surface area contributed by atoms with Gasteiger partial charge >= 0.3 is 6.09 Å². The summed E-state index contributed by atoms with van der Waals surface area (Å²) in [6.07, 6.45) is 1.04. The van der Waals surface area contributed by atoms with Gasteiger partial charge < -0.3 is 14.4 Å². The van der Waals surface area contributed by atoms with Crippen LogP contribution in [0, 0.1) is 25.7 Å². The SMILES string of the molecule is CC(=O)C(C)(C)Oc1c(C)cc(CC[C@@H]2CN(C(=O)Oc3ccccc3)C[C@H]2C(=O)c2ccc(Br)cc2)cc1C. The number of hydrogen-bond acceptors (Lipinski definition) is 5. The summed E-state index contributed by atoms with van der Waals surface area (Å²) < 4.78 is 12.6. The fourth-order valence-electron chi connectivity index (χ4n) is 5.12. The molecule has 1 heterocycles. The Morgan fingerprint density at radius 2 is 1.57 bits per heavy atom. The van der Waals surface area contributed by atoms with E-state index in [9.17, 15) is 14.4 Å². The van der Waals surface area contributed by atoms with Gasteiger partial charge in [-0.2, -0.15) is 0 Å². The highest BCUT2D eigenvalue weighted by Gasteiger charge is 2.40. The summed E-state index contributed by atoms with van der Waals surface area (Å²) in [5.41, 5.74) is 2.79. The van der Waals surface area contributed by atoms with E-state index < -0.39 is 11.7 Å². The lowest BCUT2D eigenvalue weighted by Crippen LogP contribution is -2.36. The summed E-state index contributed by atoms with van der Waals surface area (Å²) in [5.74, 6) is 0.859. The van der Waals surface area contributed by atoms with Crippen LogP contribution in [0.3, 0.4) is 0 Å². The normalized spacial score (nSPS) is 17.0. The smallest absolute Gasteiger partial charge is 0.415 e. The van der Waals surface area contributed by atoms with Crippen molar-refractivity contribution in [2.45, 2.75) is 53.1 Å². The zero-order valence-electron chi connectivity index (χ0n) is 23.7. The first-order valence-electron chi connectivity index (χ1n) is 13.6. The number of carbonyl (C=O) groups is 3. The molecular formula is C33H36BrNO5. The van der Waals surface area contributed by atoms with Crippen LogP contribution in [0.1, 0.15) is 54.2 Å². The lowest BCUT2D eigenvalue weighted by Gasteiger charge is -2.26. The Morgan fingerprint density at radius 3 is 2.17 bits per heavy atom. The zero-order valence-corrected chi connectivity index (χ0v) is 25.3. The molecule has 210 valence electrons. The molecule has 40 heavy (non-hydrogen) atoms. The Bertz CT molecular complexity index is 1360. The van der Waals surface area contributed by atoms with Gasteiger partial charge in [-0.15, -0.1) is 0 Å². The quantitative estimate of drug-likeness (QED) is 0.238. The number of para-hydroxylation sites is 1. The van der Waals surface area contributed by atoms with Crippen molar-refractivity contribution in [1.82, 2.24) is 4.90 Å². The molecule has 0 N–H and O–H groups in total. The summed E-state index contributed by atoms with van der Waals surface area (Å²) in [5, 5.41) is 0. The molecule has 2 atom stereocenters. The average Bonchev–Trinajstić information content (AvgIpc) is 3.34. The third-order valence-electron chi connectivity index (χ3n) is 7.64. The first-order chi connectivity index (χ1) is 18.9. The van der Waals surface area contributed by atoms with Crippen LogP contribution in [-0.2, 0) is 11.2 Å². The minimum atomic E-state index is -0.903. The molecule has 0 bridgehead atoms. The lowest BCUT2D eigenvalue weighted by atomic mass is 9.84. The number of likely N-dealkylation sites (tertiary alicyclic amines) is 1. The number of benzene rings is 3. The first-order valence-corrected chi connectivity index (χ1v) is 14.4. The molecule has 0 spiro atoms. The van der Waals surface area contributed by atoms with Gasteiger partial charge in [0, 0.05) is 29.0 Å². The van der Waals surface area contributed by atoms with Crippen molar-refractivity contribution in [2.75, 3.05) is 13.1 Å². The molecule has 1 saturated heterocycles. The maximum Gasteiger partial charge on any atom is 0.415 e. The van der Waals surface area contributed by atoms with Crippen LogP contribution in [0.2, 0.25) is 0 Å². The largest absolute Gasteiger partial charge is 0.480 e. The number of halogens is 1. The minimum Gasteiger partial charge on any atom is -0.480 e. The summed E-state index contributed by atoms with van der Waals surface area (Å²) in [6, 6.07) is 20.5. The first kappa shape index (κ1) is 29.5.